The van der Waals surface area contributed by atoms with Crippen LogP contribution >= 0.6 is 11.6 Å². The fourth-order valence-corrected chi connectivity index (χ4v) is 4.81. The molecule has 0 bridgehead atoms. The van der Waals surface area contributed by atoms with Gasteiger partial charge in [-0.25, -0.2) is 8.42 Å². The molecule has 3 aromatic rings. The van der Waals surface area contributed by atoms with Crippen LogP contribution in [0, 0.1) is 0 Å². The molecule has 0 unspecified atom stereocenters. The Hall–Kier alpha value is -3.43. The highest BCUT2D eigenvalue weighted by atomic mass is 35.5. The zero-order valence-electron chi connectivity index (χ0n) is 17.6. The van der Waals surface area contributed by atoms with Gasteiger partial charge in [0.05, 0.1) is 24.2 Å². The van der Waals surface area contributed by atoms with E-state index in [1.807, 2.05) is 0 Å². The predicted octanol–water partition coefficient (Wildman–Crippen LogP) is 4.10. The zero-order valence-corrected chi connectivity index (χ0v) is 19.2. The van der Waals surface area contributed by atoms with E-state index in [2.05, 4.69) is 10.0 Å². The molecule has 1 heterocycles. The molecule has 0 saturated carbocycles. The zero-order chi connectivity index (χ0) is 23.4. The second-order valence-electron chi connectivity index (χ2n) is 7.15. The fourth-order valence-electron chi connectivity index (χ4n) is 3.30. The molecule has 10 heteroatoms. The molecule has 0 fully saturated rings. The first-order chi connectivity index (χ1) is 15.9. The monoisotopic (exact) mass is 488 g/mol. The summed E-state index contributed by atoms with van der Waals surface area (Å²) in [5, 5.41) is 2.98. The van der Waals surface area contributed by atoms with E-state index in [0.29, 0.717) is 30.4 Å². The molecule has 33 heavy (non-hydrogen) atoms. The Labute approximate surface area is 196 Å². The van der Waals surface area contributed by atoms with Crippen LogP contribution in [0.2, 0.25) is 5.02 Å². The highest BCUT2D eigenvalue weighted by Crippen LogP contribution is 2.32. The lowest BCUT2D eigenvalue weighted by Gasteiger charge is -2.18. The quantitative estimate of drug-likeness (QED) is 0.519. The van der Waals surface area contributed by atoms with Gasteiger partial charge < -0.3 is 19.5 Å². The summed E-state index contributed by atoms with van der Waals surface area (Å²) < 4.78 is 44.7. The first-order valence-corrected chi connectivity index (χ1v) is 11.9. The van der Waals surface area contributed by atoms with Gasteiger partial charge >= 0.3 is 0 Å². The van der Waals surface area contributed by atoms with E-state index in [1.54, 1.807) is 48.5 Å². The number of rotatable bonds is 7. The molecule has 0 saturated heterocycles. The van der Waals surface area contributed by atoms with Gasteiger partial charge in [0.25, 0.3) is 10.0 Å². The molecule has 172 valence electrons. The van der Waals surface area contributed by atoms with Gasteiger partial charge in [0, 0.05) is 5.69 Å². The van der Waals surface area contributed by atoms with Crippen molar-refractivity contribution in [2.45, 2.75) is 11.3 Å². The minimum Gasteiger partial charge on any atom is -0.495 e. The molecule has 2 N–H and O–H groups in total. The molecule has 0 radical (unpaired) electrons. The van der Waals surface area contributed by atoms with Gasteiger partial charge in [-0.05, 0) is 48.0 Å². The molecule has 1 aliphatic rings. The topological polar surface area (TPSA) is 103 Å². The van der Waals surface area contributed by atoms with Gasteiger partial charge in [0.15, 0.2) is 11.5 Å². The van der Waals surface area contributed by atoms with E-state index in [4.69, 9.17) is 25.8 Å². The van der Waals surface area contributed by atoms with Gasteiger partial charge in [-0.2, -0.15) is 0 Å². The van der Waals surface area contributed by atoms with Gasteiger partial charge in [0.2, 0.25) is 5.91 Å². The van der Waals surface area contributed by atoms with E-state index < -0.39 is 10.0 Å². The molecular formula is C23H21ClN2O6S. The smallest absolute Gasteiger partial charge is 0.265 e. The lowest BCUT2D eigenvalue weighted by atomic mass is 10.1. The molecule has 0 atom stereocenters. The van der Waals surface area contributed by atoms with Crippen molar-refractivity contribution in [1.82, 2.24) is 0 Å². The Morgan fingerprint density at radius 2 is 1.79 bits per heavy atom. The average molecular weight is 489 g/mol. The van der Waals surface area contributed by atoms with Crippen LogP contribution in [0.15, 0.2) is 65.6 Å². The number of carbonyl (C=O) groups excluding carboxylic acids is 1. The number of methoxy groups -OCH3 is 1. The Morgan fingerprint density at radius 3 is 2.55 bits per heavy atom. The lowest BCUT2D eigenvalue weighted by Crippen LogP contribution is -2.18. The number of halogens is 1. The molecule has 0 aromatic heterocycles. The normalized spacial score (nSPS) is 12.7. The van der Waals surface area contributed by atoms with Crippen LogP contribution in [0.4, 0.5) is 11.4 Å². The summed E-state index contributed by atoms with van der Waals surface area (Å²) >= 11 is 6.08. The Kier molecular flexibility index (Phi) is 6.62. The minimum atomic E-state index is -4.05. The van der Waals surface area contributed by atoms with Gasteiger partial charge in [-0.15, -0.1) is 0 Å². The lowest BCUT2D eigenvalue weighted by molar-refractivity contribution is -0.115. The number of ether oxygens (including phenoxy) is 3. The van der Waals surface area contributed by atoms with E-state index in [1.165, 1.54) is 19.2 Å². The summed E-state index contributed by atoms with van der Waals surface area (Å²) in [5.41, 5.74) is 1.27. The Bertz CT molecular complexity index is 1300. The van der Waals surface area contributed by atoms with Crippen molar-refractivity contribution in [1.29, 1.82) is 0 Å². The number of para-hydroxylation sites is 1. The third-order valence-electron chi connectivity index (χ3n) is 4.83. The molecular weight excluding hydrogens is 468 g/mol. The molecule has 4 rings (SSSR count). The minimum absolute atomic E-state index is 0.0720. The first kappa shape index (κ1) is 22.8. The number of sulfonamides is 1. The molecule has 8 nitrogen and oxygen atoms in total. The second kappa shape index (κ2) is 9.60. The van der Waals surface area contributed by atoms with E-state index in [9.17, 15) is 13.2 Å². The third-order valence-corrected chi connectivity index (χ3v) is 6.54. The highest BCUT2D eigenvalue weighted by Gasteiger charge is 2.22. The number of nitrogens with one attached hydrogen (secondary N) is 2. The molecule has 1 amide bonds. The van der Waals surface area contributed by atoms with Crippen LogP contribution in [0.1, 0.15) is 5.56 Å². The molecule has 1 aliphatic heterocycles. The van der Waals surface area contributed by atoms with Crippen molar-refractivity contribution in [3.8, 4) is 17.2 Å². The largest absolute Gasteiger partial charge is 0.495 e. The summed E-state index contributed by atoms with van der Waals surface area (Å²) in [6, 6.07) is 16.1. The van der Waals surface area contributed by atoms with Crippen molar-refractivity contribution >= 4 is 38.9 Å². The van der Waals surface area contributed by atoms with Gasteiger partial charge in [-0.3, -0.25) is 9.52 Å². The number of benzene rings is 3. The number of fused-ring (bicyclic) bond motifs is 1. The van der Waals surface area contributed by atoms with E-state index in [-0.39, 0.29) is 33.7 Å². The fraction of sp³-hybridized carbons (Fsp3) is 0.174. The SMILES string of the molecule is COc1ccc(NC(=O)Cc2ccc3c(c2)OCCO3)cc1S(=O)(=O)Nc1ccccc1Cl. The van der Waals surface area contributed by atoms with Crippen LogP contribution < -0.4 is 24.2 Å². The molecule has 0 aliphatic carbocycles. The highest BCUT2D eigenvalue weighted by molar-refractivity contribution is 7.92. The van der Waals surface area contributed by atoms with Crippen molar-refractivity contribution in [3.63, 3.8) is 0 Å². The number of carbonyl (C=O) groups is 1. The van der Waals surface area contributed by atoms with E-state index in [0.717, 1.165) is 5.56 Å². The first-order valence-electron chi connectivity index (χ1n) is 9.99. The number of anilines is 2. The van der Waals surface area contributed by atoms with Crippen molar-refractivity contribution in [3.05, 3.63) is 71.2 Å². The van der Waals surface area contributed by atoms with Crippen LogP contribution in [0.25, 0.3) is 0 Å². The van der Waals surface area contributed by atoms with Crippen LogP contribution in [-0.4, -0.2) is 34.6 Å². The summed E-state index contributed by atoms with van der Waals surface area (Å²) in [5.74, 6) is 1.04. The van der Waals surface area contributed by atoms with Crippen LogP contribution in [-0.2, 0) is 21.2 Å². The number of hydrogen-bond donors (Lipinski definition) is 2. The molecule has 0 spiro atoms. The standard InChI is InChI=1S/C23H21ClN2O6S/c1-30-20-9-7-16(14-22(20)33(28,29)26-18-5-3-2-4-17(18)24)25-23(27)13-15-6-8-19-21(12-15)32-11-10-31-19/h2-9,12,14,26H,10-11,13H2,1H3,(H,25,27). The maximum atomic E-state index is 13.0. The predicted molar refractivity (Wildman–Crippen MR) is 125 cm³/mol. The summed E-state index contributed by atoms with van der Waals surface area (Å²) in [6.07, 6.45) is 0.0720. The van der Waals surface area contributed by atoms with Crippen LogP contribution in [0.5, 0.6) is 17.2 Å². The number of amides is 1. The maximum Gasteiger partial charge on any atom is 0.265 e. The van der Waals surface area contributed by atoms with Gasteiger partial charge in [-0.1, -0.05) is 29.8 Å². The van der Waals surface area contributed by atoms with Gasteiger partial charge in [0.1, 0.15) is 23.9 Å². The molecule has 3 aromatic carbocycles. The maximum absolute atomic E-state index is 13.0. The Balaban J connectivity index is 1.52. The summed E-state index contributed by atoms with van der Waals surface area (Å²) in [7, 11) is -2.68. The Morgan fingerprint density at radius 1 is 1.03 bits per heavy atom. The van der Waals surface area contributed by atoms with E-state index >= 15 is 0 Å². The van der Waals surface area contributed by atoms with Crippen molar-refractivity contribution in [2.24, 2.45) is 0 Å². The summed E-state index contributed by atoms with van der Waals surface area (Å²) in [6.45, 7) is 0.939. The average Bonchev–Trinajstić information content (AvgIpc) is 2.80. The summed E-state index contributed by atoms with van der Waals surface area (Å²) in [4.78, 5) is 12.5. The van der Waals surface area contributed by atoms with Crippen molar-refractivity contribution < 1.29 is 27.4 Å². The number of hydrogen-bond acceptors (Lipinski definition) is 6. The third kappa shape index (κ3) is 5.32. The van der Waals surface area contributed by atoms with Crippen LogP contribution in [0.3, 0.4) is 0 Å². The van der Waals surface area contributed by atoms with Crippen molar-refractivity contribution in [2.75, 3.05) is 30.4 Å². The second-order valence-corrected chi connectivity index (χ2v) is 9.21.